The van der Waals surface area contributed by atoms with E-state index in [0.717, 1.165) is 44.5 Å². The van der Waals surface area contributed by atoms with E-state index in [4.69, 9.17) is 5.73 Å². The van der Waals surface area contributed by atoms with Gasteiger partial charge in [-0.2, -0.15) is 9.61 Å². The second-order valence-electron chi connectivity index (χ2n) is 5.65. The number of nitrogens with zero attached hydrogens (tertiary/aromatic N) is 4. The summed E-state index contributed by atoms with van der Waals surface area (Å²) in [6.07, 6.45) is 4.45. The maximum Gasteiger partial charge on any atom is 0.275 e. The Morgan fingerprint density at radius 3 is 2.90 bits per heavy atom. The molecule has 0 aliphatic heterocycles. The van der Waals surface area contributed by atoms with Gasteiger partial charge in [-0.25, -0.2) is 4.98 Å². The highest BCUT2D eigenvalue weighted by molar-refractivity contribution is 7.14. The molecular formula is C14H21N5OS. The van der Waals surface area contributed by atoms with Crippen LogP contribution in [0.15, 0.2) is 16.4 Å². The zero-order valence-electron chi connectivity index (χ0n) is 12.2. The standard InChI is InChI=1S/C14H21N5OS/c1-2-18(12-5-3-10(15)4-6-12)8-11-7-13(20)19-14(17-11)21-9-16-19/h7,9-10,12H,2-6,8,15H2,1H3. The van der Waals surface area contributed by atoms with Crippen molar-refractivity contribution in [2.45, 2.75) is 51.2 Å². The topological polar surface area (TPSA) is 76.5 Å². The second kappa shape index (κ2) is 6.21. The van der Waals surface area contributed by atoms with Crippen molar-refractivity contribution in [1.82, 2.24) is 19.5 Å². The Balaban J connectivity index is 1.77. The highest BCUT2D eigenvalue weighted by Crippen LogP contribution is 2.23. The van der Waals surface area contributed by atoms with Crippen molar-refractivity contribution < 1.29 is 0 Å². The molecule has 2 aromatic heterocycles. The first-order valence-electron chi connectivity index (χ1n) is 7.49. The lowest BCUT2D eigenvalue weighted by Crippen LogP contribution is -2.40. The van der Waals surface area contributed by atoms with E-state index in [1.54, 1.807) is 11.6 Å². The quantitative estimate of drug-likeness (QED) is 0.920. The van der Waals surface area contributed by atoms with E-state index in [1.165, 1.54) is 15.9 Å². The molecule has 1 aliphatic carbocycles. The minimum Gasteiger partial charge on any atom is -0.328 e. The number of aromatic nitrogens is 3. The van der Waals surface area contributed by atoms with E-state index < -0.39 is 0 Å². The van der Waals surface area contributed by atoms with Crippen molar-refractivity contribution in [3.8, 4) is 0 Å². The summed E-state index contributed by atoms with van der Waals surface area (Å²) in [5.41, 5.74) is 8.36. The smallest absolute Gasteiger partial charge is 0.275 e. The molecule has 114 valence electrons. The number of rotatable bonds is 4. The largest absolute Gasteiger partial charge is 0.328 e. The molecule has 7 heteroatoms. The van der Waals surface area contributed by atoms with Crippen LogP contribution in [-0.2, 0) is 6.54 Å². The van der Waals surface area contributed by atoms with Crippen LogP contribution in [0.1, 0.15) is 38.3 Å². The highest BCUT2D eigenvalue weighted by Gasteiger charge is 2.23. The Morgan fingerprint density at radius 2 is 2.19 bits per heavy atom. The minimum atomic E-state index is -0.0991. The van der Waals surface area contributed by atoms with Gasteiger partial charge in [0.15, 0.2) is 0 Å². The second-order valence-corrected chi connectivity index (χ2v) is 6.46. The van der Waals surface area contributed by atoms with Gasteiger partial charge in [0.2, 0.25) is 4.96 Å². The lowest BCUT2D eigenvalue weighted by atomic mass is 9.90. The monoisotopic (exact) mass is 307 g/mol. The first kappa shape index (κ1) is 14.6. The molecule has 2 heterocycles. The zero-order valence-corrected chi connectivity index (χ0v) is 13.1. The van der Waals surface area contributed by atoms with Gasteiger partial charge < -0.3 is 5.73 Å². The van der Waals surface area contributed by atoms with Crippen molar-refractivity contribution in [2.24, 2.45) is 5.73 Å². The van der Waals surface area contributed by atoms with Crippen molar-refractivity contribution in [2.75, 3.05) is 6.54 Å². The summed E-state index contributed by atoms with van der Waals surface area (Å²) in [4.78, 5) is 19.6. The molecule has 0 spiro atoms. The number of hydrogen-bond acceptors (Lipinski definition) is 6. The van der Waals surface area contributed by atoms with Crippen LogP contribution in [0, 0.1) is 0 Å². The molecule has 0 saturated heterocycles. The zero-order chi connectivity index (χ0) is 14.8. The Hall–Kier alpha value is -1.31. The van der Waals surface area contributed by atoms with Gasteiger partial charge in [-0.3, -0.25) is 9.69 Å². The summed E-state index contributed by atoms with van der Waals surface area (Å²) >= 11 is 1.39. The predicted octanol–water partition coefficient (Wildman–Crippen LogP) is 1.24. The summed E-state index contributed by atoms with van der Waals surface area (Å²) < 4.78 is 1.35. The van der Waals surface area contributed by atoms with Crippen LogP contribution in [0.4, 0.5) is 0 Å². The molecule has 0 radical (unpaired) electrons. The Labute approximate surface area is 127 Å². The summed E-state index contributed by atoms with van der Waals surface area (Å²) in [6.45, 7) is 3.84. The molecule has 0 amide bonds. The number of nitrogens with two attached hydrogens (primary N) is 1. The van der Waals surface area contributed by atoms with Crippen molar-refractivity contribution in [1.29, 1.82) is 0 Å². The first-order chi connectivity index (χ1) is 10.2. The summed E-state index contributed by atoms with van der Waals surface area (Å²) in [5.74, 6) is 0. The normalized spacial score (nSPS) is 23.0. The highest BCUT2D eigenvalue weighted by atomic mass is 32.1. The molecule has 3 rings (SSSR count). The number of fused-ring (bicyclic) bond motifs is 1. The van der Waals surface area contributed by atoms with Crippen molar-refractivity contribution in [3.05, 3.63) is 27.6 Å². The van der Waals surface area contributed by atoms with Crippen LogP contribution in [0.3, 0.4) is 0 Å². The van der Waals surface area contributed by atoms with Crippen molar-refractivity contribution >= 4 is 16.3 Å². The maximum absolute atomic E-state index is 12.0. The van der Waals surface area contributed by atoms with Crippen LogP contribution < -0.4 is 11.3 Å². The van der Waals surface area contributed by atoms with Crippen LogP contribution >= 0.6 is 11.3 Å². The third kappa shape index (κ3) is 3.14. The molecule has 2 aromatic rings. The molecule has 21 heavy (non-hydrogen) atoms. The SMILES string of the molecule is CCN(Cc1cc(=O)n2ncsc2n1)C1CCC(N)CC1. The van der Waals surface area contributed by atoms with E-state index in [9.17, 15) is 4.79 Å². The van der Waals surface area contributed by atoms with Crippen molar-refractivity contribution in [3.63, 3.8) is 0 Å². The van der Waals surface area contributed by atoms with Crippen LogP contribution in [0.2, 0.25) is 0 Å². The van der Waals surface area contributed by atoms with Crippen LogP contribution in [-0.4, -0.2) is 38.1 Å². The van der Waals surface area contributed by atoms with Gasteiger partial charge in [0, 0.05) is 24.7 Å². The van der Waals surface area contributed by atoms with Gasteiger partial charge in [-0.1, -0.05) is 18.3 Å². The summed E-state index contributed by atoms with van der Waals surface area (Å²) in [5, 5.41) is 3.99. The van der Waals surface area contributed by atoms with Crippen LogP contribution in [0.25, 0.3) is 4.96 Å². The third-order valence-corrected chi connectivity index (χ3v) is 4.94. The fourth-order valence-electron chi connectivity index (χ4n) is 3.06. The van der Waals surface area contributed by atoms with Crippen LogP contribution in [0.5, 0.6) is 0 Å². The number of hydrogen-bond donors (Lipinski definition) is 1. The lowest BCUT2D eigenvalue weighted by molar-refractivity contribution is 0.148. The average Bonchev–Trinajstić information content (AvgIpc) is 2.95. The maximum atomic E-state index is 12.0. The van der Waals surface area contributed by atoms with Gasteiger partial charge in [0.05, 0.1) is 5.69 Å². The fourth-order valence-corrected chi connectivity index (χ4v) is 3.70. The average molecular weight is 307 g/mol. The molecule has 0 unspecified atom stereocenters. The molecule has 6 nitrogen and oxygen atoms in total. The first-order valence-corrected chi connectivity index (χ1v) is 8.37. The molecule has 0 bridgehead atoms. The van der Waals surface area contributed by atoms with E-state index in [0.29, 0.717) is 17.0 Å². The van der Waals surface area contributed by atoms with E-state index in [1.807, 2.05) is 0 Å². The molecule has 0 atom stereocenters. The van der Waals surface area contributed by atoms with E-state index in [2.05, 4.69) is 21.9 Å². The van der Waals surface area contributed by atoms with Gasteiger partial charge >= 0.3 is 0 Å². The molecule has 1 saturated carbocycles. The molecular weight excluding hydrogens is 286 g/mol. The molecule has 2 N–H and O–H groups in total. The minimum absolute atomic E-state index is 0.0991. The predicted molar refractivity (Wildman–Crippen MR) is 83.4 cm³/mol. The van der Waals surface area contributed by atoms with Gasteiger partial charge in [-0.15, -0.1) is 0 Å². The lowest BCUT2D eigenvalue weighted by Gasteiger charge is -2.35. The van der Waals surface area contributed by atoms with Gasteiger partial charge in [0.25, 0.3) is 5.56 Å². The Bertz CT molecular complexity index is 659. The van der Waals surface area contributed by atoms with Gasteiger partial charge in [0.1, 0.15) is 5.51 Å². The van der Waals surface area contributed by atoms with E-state index in [-0.39, 0.29) is 5.56 Å². The molecule has 1 aliphatic rings. The Kier molecular flexibility index (Phi) is 4.32. The Morgan fingerprint density at radius 1 is 1.43 bits per heavy atom. The summed E-state index contributed by atoms with van der Waals surface area (Å²) in [7, 11) is 0. The van der Waals surface area contributed by atoms with E-state index >= 15 is 0 Å². The third-order valence-electron chi connectivity index (χ3n) is 4.27. The van der Waals surface area contributed by atoms with Gasteiger partial charge in [-0.05, 0) is 32.2 Å². The fraction of sp³-hybridized carbons (Fsp3) is 0.643. The molecule has 0 aromatic carbocycles. The molecule has 1 fully saturated rings. The summed E-state index contributed by atoms with van der Waals surface area (Å²) in [6, 6.07) is 2.51.